The molecule has 0 saturated heterocycles. The van der Waals surface area contributed by atoms with E-state index in [1.54, 1.807) is 0 Å². The molecule has 0 amide bonds. The highest BCUT2D eigenvalue weighted by atomic mass is 79.9. The van der Waals surface area contributed by atoms with Crippen LogP contribution in [-0.2, 0) is 13.2 Å². The lowest BCUT2D eigenvalue weighted by atomic mass is 10.1. The standard InChI is InChI=1S/C15H15BrO2/c1-11-3-2-4-13(9-17)15(11)18-10-12-5-7-14(16)8-6-12/h2-8,17H,9-10H2,1H3. The lowest BCUT2D eigenvalue weighted by Gasteiger charge is -2.13. The van der Waals surface area contributed by atoms with E-state index in [-0.39, 0.29) is 6.61 Å². The molecule has 0 aliphatic carbocycles. The van der Waals surface area contributed by atoms with Crippen molar-refractivity contribution in [3.63, 3.8) is 0 Å². The second kappa shape index (κ2) is 6.03. The number of benzene rings is 2. The Morgan fingerprint density at radius 2 is 1.83 bits per heavy atom. The van der Waals surface area contributed by atoms with E-state index in [1.165, 1.54) is 0 Å². The largest absolute Gasteiger partial charge is 0.488 e. The number of rotatable bonds is 4. The highest BCUT2D eigenvalue weighted by molar-refractivity contribution is 9.10. The van der Waals surface area contributed by atoms with Crippen molar-refractivity contribution in [3.8, 4) is 5.75 Å². The van der Waals surface area contributed by atoms with Crippen LogP contribution in [0.1, 0.15) is 16.7 Å². The van der Waals surface area contributed by atoms with E-state index >= 15 is 0 Å². The Hall–Kier alpha value is -1.32. The van der Waals surface area contributed by atoms with Gasteiger partial charge in [0, 0.05) is 10.0 Å². The Bertz CT molecular complexity index is 521. The fourth-order valence-electron chi connectivity index (χ4n) is 1.78. The van der Waals surface area contributed by atoms with Crippen molar-refractivity contribution in [2.45, 2.75) is 20.1 Å². The molecule has 2 rings (SSSR count). The second-order valence-corrected chi connectivity index (χ2v) is 5.05. The molecule has 2 nitrogen and oxygen atoms in total. The maximum atomic E-state index is 9.29. The minimum Gasteiger partial charge on any atom is -0.488 e. The van der Waals surface area contributed by atoms with Crippen LogP contribution in [0.25, 0.3) is 0 Å². The van der Waals surface area contributed by atoms with Gasteiger partial charge in [-0.25, -0.2) is 0 Å². The molecule has 0 heterocycles. The van der Waals surface area contributed by atoms with Crippen LogP contribution >= 0.6 is 15.9 Å². The number of hydrogen-bond donors (Lipinski definition) is 1. The summed E-state index contributed by atoms with van der Waals surface area (Å²) in [6.45, 7) is 2.48. The number of aryl methyl sites for hydroxylation is 1. The molecule has 0 aromatic heterocycles. The molecular formula is C15H15BrO2. The number of para-hydroxylation sites is 1. The number of hydrogen-bond acceptors (Lipinski definition) is 2. The van der Waals surface area contributed by atoms with Crippen molar-refractivity contribution in [1.29, 1.82) is 0 Å². The molecule has 0 fully saturated rings. The van der Waals surface area contributed by atoms with Crippen LogP contribution in [0.3, 0.4) is 0 Å². The van der Waals surface area contributed by atoms with Gasteiger partial charge in [-0.1, -0.05) is 46.3 Å². The molecule has 94 valence electrons. The topological polar surface area (TPSA) is 29.5 Å². The van der Waals surface area contributed by atoms with Crippen molar-refractivity contribution in [1.82, 2.24) is 0 Å². The van der Waals surface area contributed by atoms with Crippen molar-refractivity contribution in [2.24, 2.45) is 0 Å². The summed E-state index contributed by atoms with van der Waals surface area (Å²) in [6.07, 6.45) is 0. The second-order valence-electron chi connectivity index (χ2n) is 4.14. The van der Waals surface area contributed by atoms with Gasteiger partial charge in [0.25, 0.3) is 0 Å². The smallest absolute Gasteiger partial charge is 0.128 e. The SMILES string of the molecule is Cc1cccc(CO)c1OCc1ccc(Br)cc1. The summed E-state index contributed by atoms with van der Waals surface area (Å²) in [5, 5.41) is 9.29. The fourth-order valence-corrected chi connectivity index (χ4v) is 2.04. The molecular weight excluding hydrogens is 292 g/mol. The summed E-state index contributed by atoms with van der Waals surface area (Å²) in [6, 6.07) is 13.8. The number of aliphatic hydroxyl groups is 1. The average Bonchev–Trinajstić information content (AvgIpc) is 2.39. The van der Waals surface area contributed by atoms with Crippen molar-refractivity contribution in [3.05, 3.63) is 63.6 Å². The molecule has 0 saturated carbocycles. The maximum Gasteiger partial charge on any atom is 0.128 e. The highest BCUT2D eigenvalue weighted by Crippen LogP contribution is 2.24. The maximum absolute atomic E-state index is 9.29. The number of aliphatic hydroxyl groups excluding tert-OH is 1. The van der Waals surface area contributed by atoms with Gasteiger partial charge in [-0.2, -0.15) is 0 Å². The van der Waals surface area contributed by atoms with Crippen LogP contribution in [0.2, 0.25) is 0 Å². The zero-order valence-electron chi connectivity index (χ0n) is 10.2. The van der Waals surface area contributed by atoms with Gasteiger partial charge in [0.05, 0.1) is 6.61 Å². The minimum absolute atomic E-state index is 0.00263. The molecule has 0 unspecified atom stereocenters. The summed E-state index contributed by atoms with van der Waals surface area (Å²) in [5.74, 6) is 0.780. The van der Waals surface area contributed by atoms with Crippen molar-refractivity contribution in [2.75, 3.05) is 0 Å². The lowest BCUT2D eigenvalue weighted by Crippen LogP contribution is -2.00. The minimum atomic E-state index is -0.00263. The van der Waals surface area contributed by atoms with Gasteiger partial charge in [0.1, 0.15) is 12.4 Å². The Kier molecular flexibility index (Phi) is 4.39. The molecule has 0 radical (unpaired) electrons. The zero-order chi connectivity index (χ0) is 13.0. The monoisotopic (exact) mass is 306 g/mol. The van der Waals surface area contributed by atoms with E-state index in [9.17, 15) is 5.11 Å². The molecule has 2 aromatic rings. The third kappa shape index (κ3) is 3.12. The first-order chi connectivity index (χ1) is 8.70. The van der Waals surface area contributed by atoms with E-state index in [1.807, 2.05) is 49.4 Å². The van der Waals surface area contributed by atoms with Crippen LogP contribution < -0.4 is 4.74 Å². The number of halogens is 1. The van der Waals surface area contributed by atoms with Gasteiger partial charge in [-0.3, -0.25) is 0 Å². The highest BCUT2D eigenvalue weighted by Gasteiger charge is 2.06. The van der Waals surface area contributed by atoms with E-state index in [2.05, 4.69) is 15.9 Å². The molecule has 0 aliphatic heterocycles. The average molecular weight is 307 g/mol. The molecule has 1 N–H and O–H groups in total. The normalized spacial score (nSPS) is 10.4. The van der Waals surface area contributed by atoms with Crippen molar-refractivity contribution >= 4 is 15.9 Å². The third-order valence-corrected chi connectivity index (χ3v) is 3.29. The first kappa shape index (κ1) is 13.1. The van der Waals surface area contributed by atoms with Gasteiger partial charge in [-0.15, -0.1) is 0 Å². The predicted molar refractivity (Wildman–Crippen MR) is 75.6 cm³/mol. The molecule has 2 aromatic carbocycles. The van der Waals surface area contributed by atoms with E-state index in [4.69, 9.17) is 4.74 Å². The Morgan fingerprint density at radius 3 is 2.50 bits per heavy atom. The molecule has 0 spiro atoms. The summed E-state index contributed by atoms with van der Waals surface area (Å²) in [7, 11) is 0. The Morgan fingerprint density at radius 1 is 1.11 bits per heavy atom. The molecule has 3 heteroatoms. The molecule has 18 heavy (non-hydrogen) atoms. The first-order valence-corrected chi connectivity index (χ1v) is 6.56. The van der Waals surface area contributed by atoms with E-state index in [0.717, 1.165) is 26.9 Å². The van der Waals surface area contributed by atoms with Crippen LogP contribution in [-0.4, -0.2) is 5.11 Å². The van der Waals surface area contributed by atoms with Crippen LogP contribution in [0.15, 0.2) is 46.9 Å². The zero-order valence-corrected chi connectivity index (χ0v) is 11.8. The summed E-state index contributed by atoms with van der Waals surface area (Å²) < 4.78 is 6.86. The van der Waals surface area contributed by atoms with Gasteiger partial charge in [-0.05, 0) is 30.2 Å². The lowest BCUT2D eigenvalue weighted by molar-refractivity contribution is 0.258. The van der Waals surface area contributed by atoms with Crippen molar-refractivity contribution < 1.29 is 9.84 Å². The molecule has 0 bridgehead atoms. The Labute approximate surface area is 115 Å². The number of ether oxygens (including phenoxy) is 1. The summed E-state index contributed by atoms with van der Waals surface area (Å²) in [5.41, 5.74) is 2.97. The first-order valence-electron chi connectivity index (χ1n) is 5.77. The van der Waals surface area contributed by atoms with Crippen LogP contribution in [0.4, 0.5) is 0 Å². The Balaban J connectivity index is 2.12. The summed E-state index contributed by atoms with van der Waals surface area (Å²) in [4.78, 5) is 0. The summed E-state index contributed by atoms with van der Waals surface area (Å²) >= 11 is 3.40. The third-order valence-electron chi connectivity index (χ3n) is 2.76. The predicted octanol–water partition coefficient (Wildman–Crippen LogP) is 3.83. The van der Waals surface area contributed by atoms with E-state index in [0.29, 0.717) is 6.61 Å². The molecule has 0 aliphatic rings. The van der Waals surface area contributed by atoms with Crippen LogP contribution in [0.5, 0.6) is 5.75 Å². The quantitative estimate of drug-likeness (QED) is 0.930. The van der Waals surface area contributed by atoms with Crippen LogP contribution in [0, 0.1) is 6.92 Å². The fraction of sp³-hybridized carbons (Fsp3) is 0.200. The van der Waals surface area contributed by atoms with Gasteiger partial charge < -0.3 is 9.84 Å². The van der Waals surface area contributed by atoms with Gasteiger partial charge >= 0.3 is 0 Å². The van der Waals surface area contributed by atoms with E-state index < -0.39 is 0 Å². The molecule has 0 atom stereocenters. The van der Waals surface area contributed by atoms with Gasteiger partial charge in [0.2, 0.25) is 0 Å². The van der Waals surface area contributed by atoms with Gasteiger partial charge in [0.15, 0.2) is 0 Å².